The molecule has 2 aliphatic heterocycles. The normalized spacial score (nSPS) is 25.0. The van der Waals surface area contributed by atoms with E-state index in [-0.39, 0.29) is 30.1 Å². The van der Waals surface area contributed by atoms with E-state index in [9.17, 15) is 9.59 Å². The third-order valence-corrected chi connectivity index (χ3v) is 8.26. The molecule has 0 radical (unpaired) electrons. The van der Waals surface area contributed by atoms with Crippen LogP contribution in [0.4, 0.5) is 0 Å². The van der Waals surface area contributed by atoms with Crippen LogP contribution < -0.4 is 10.6 Å². The zero-order valence-electron chi connectivity index (χ0n) is 19.7. The van der Waals surface area contributed by atoms with Crippen LogP contribution in [0.15, 0.2) is 40.8 Å². The van der Waals surface area contributed by atoms with Crippen molar-refractivity contribution >= 4 is 46.1 Å². The lowest BCUT2D eigenvalue weighted by Gasteiger charge is -2.46. The number of hydrogen-bond acceptors (Lipinski definition) is 6. The van der Waals surface area contributed by atoms with Crippen molar-refractivity contribution < 1.29 is 14.0 Å². The maximum absolute atomic E-state index is 13.3. The van der Waals surface area contributed by atoms with Crippen LogP contribution in [0, 0.1) is 5.92 Å². The van der Waals surface area contributed by atoms with Crippen LogP contribution in [0.5, 0.6) is 0 Å². The summed E-state index contributed by atoms with van der Waals surface area (Å²) in [6.07, 6.45) is 4.13. The molecular formula is C26H27Cl2N5O3. The second-order valence-corrected chi connectivity index (χ2v) is 10.5. The van der Waals surface area contributed by atoms with E-state index in [0.717, 1.165) is 19.3 Å². The lowest BCUT2D eigenvalue weighted by atomic mass is 9.82. The second kappa shape index (κ2) is 9.67. The van der Waals surface area contributed by atoms with Crippen LogP contribution >= 0.6 is 23.2 Å². The van der Waals surface area contributed by atoms with Gasteiger partial charge >= 0.3 is 0 Å². The highest BCUT2D eigenvalue weighted by Crippen LogP contribution is 2.31. The SMILES string of the molecule is O=C1NC(N2CCN(C(=O)c3ccc4nc(-c5ccc(Cl)c(Cl)c5)oc4c3)CC2)NC2CCCCC12. The highest BCUT2D eigenvalue weighted by Gasteiger charge is 2.40. The molecule has 2 saturated heterocycles. The number of hydrogen-bond donors (Lipinski definition) is 2. The van der Waals surface area contributed by atoms with Crippen molar-refractivity contribution in [3.8, 4) is 11.5 Å². The number of aromatic nitrogens is 1. The van der Waals surface area contributed by atoms with Crippen LogP contribution in [0.1, 0.15) is 36.0 Å². The van der Waals surface area contributed by atoms with Gasteiger partial charge in [-0.05, 0) is 49.2 Å². The average molecular weight is 528 g/mol. The van der Waals surface area contributed by atoms with Gasteiger partial charge in [-0.15, -0.1) is 0 Å². The Morgan fingerprint density at radius 3 is 2.61 bits per heavy atom. The number of piperazine rings is 1. The van der Waals surface area contributed by atoms with Gasteiger partial charge in [0.1, 0.15) is 11.8 Å². The molecule has 1 saturated carbocycles. The predicted molar refractivity (Wildman–Crippen MR) is 138 cm³/mol. The van der Waals surface area contributed by atoms with E-state index in [0.29, 0.717) is 64.3 Å². The Morgan fingerprint density at radius 2 is 1.81 bits per heavy atom. The molecule has 1 aromatic heterocycles. The summed E-state index contributed by atoms with van der Waals surface area (Å²) in [5, 5.41) is 7.66. The molecule has 3 aliphatic rings. The van der Waals surface area contributed by atoms with E-state index < -0.39 is 0 Å². The fourth-order valence-electron chi connectivity index (χ4n) is 5.50. The zero-order valence-corrected chi connectivity index (χ0v) is 21.2. The molecule has 2 N–H and O–H groups in total. The van der Waals surface area contributed by atoms with E-state index in [1.807, 2.05) is 4.90 Å². The first-order valence-corrected chi connectivity index (χ1v) is 13.2. The summed E-state index contributed by atoms with van der Waals surface area (Å²) in [7, 11) is 0. The van der Waals surface area contributed by atoms with Crippen molar-refractivity contribution in [2.45, 2.75) is 38.0 Å². The largest absolute Gasteiger partial charge is 0.436 e. The molecule has 3 heterocycles. The first-order chi connectivity index (χ1) is 17.5. The summed E-state index contributed by atoms with van der Waals surface area (Å²) in [6.45, 7) is 2.55. The standard InChI is InChI=1S/C26H27Cl2N5O3/c27-18-7-5-15(13-19(18)28)24-29-21-8-6-16(14-22(21)36-24)25(35)32-9-11-33(12-10-32)26-30-20-4-2-1-3-17(20)23(34)31-26/h5-8,13-14,17,20,26,30H,1-4,9-12H2,(H,31,34). The Kier molecular flexibility index (Phi) is 6.37. The van der Waals surface area contributed by atoms with Crippen molar-refractivity contribution in [2.75, 3.05) is 26.2 Å². The van der Waals surface area contributed by atoms with Gasteiger partial charge < -0.3 is 14.6 Å². The van der Waals surface area contributed by atoms with Gasteiger partial charge in [0.25, 0.3) is 5.91 Å². The van der Waals surface area contributed by atoms with Crippen molar-refractivity contribution in [1.29, 1.82) is 0 Å². The minimum atomic E-state index is -0.167. The Balaban J connectivity index is 1.12. The molecule has 2 aromatic carbocycles. The summed E-state index contributed by atoms with van der Waals surface area (Å²) in [6, 6.07) is 10.8. The number of carbonyl (C=O) groups is 2. The summed E-state index contributed by atoms with van der Waals surface area (Å²) in [4.78, 5) is 34.4. The number of benzene rings is 2. The highest BCUT2D eigenvalue weighted by molar-refractivity contribution is 6.42. The maximum atomic E-state index is 13.3. The van der Waals surface area contributed by atoms with E-state index in [4.69, 9.17) is 27.6 Å². The van der Waals surface area contributed by atoms with Gasteiger partial charge in [-0.3, -0.25) is 19.8 Å². The number of carbonyl (C=O) groups excluding carboxylic acids is 2. The topological polar surface area (TPSA) is 90.7 Å². The van der Waals surface area contributed by atoms with Gasteiger partial charge in [0, 0.05) is 43.3 Å². The van der Waals surface area contributed by atoms with Crippen LogP contribution in [0.25, 0.3) is 22.6 Å². The van der Waals surface area contributed by atoms with Crippen molar-refractivity contribution in [2.24, 2.45) is 5.92 Å². The number of halogens is 2. The fourth-order valence-corrected chi connectivity index (χ4v) is 5.80. The Bertz CT molecular complexity index is 1320. The molecular weight excluding hydrogens is 501 g/mol. The number of amides is 2. The molecule has 3 fully saturated rings. The molecule has 10 heteroatoms. The summed E-state index contributed by atoms with van der Waals surface area (Å²) in [5.41, 5.74) is 2.48. The van der Waals surface area contributed by atoms with Crippen molar-refractivity contribution in [3.63, 3.8) is 0 Å². The van der Waals surface area contributed by atoms with Gasteiger partial charge in [0.2, 0.25) is 11.8 Å². The lowest BCUT2D eigenvalue weighted by Crippen LogP contribution is -2.69. The predicted octanol–water partition coefficient (Wildman–Crippen LogP) is 4.12. The van der Waals surface area contributed by atoms with E-state index in [1.54, 1.807) is 36.4 Å². The molecule has 2 amide bonds. The number of fused-ring (bicyclic) bond motifs is 2. The minimum Gasteiger partial charge on any atom is -0.436 e. The van der Waals surface area contributed by atoms with Crippen LogP contribution in [0.2, 0.25) is 10.0 Å². The number of nitrogens with one attached hydrogen (secondary N) is 2. The molecule has 3 unspecified atom stereocenters. The average Bonchev–Trinajstić information content (AvgIpc) is 3.33. The van der Waals surface area contributed by atoms with Crippen LogP contribution in [0.3, 0.4) is 0 Å². The molecule has 0 bridgehead atoms. The van der Waals surface area contributed by atoms with Gasteiger partial charge in [0.15, 0.2) is 5.58 Å². The second-order valence-electron chi connectivity index (χ2n) is 9.73. The van der Waals surface area contributed by atoms with Crippen LogP contribution in [-0.4, -0.2) is 65.1 Å². The molecule has 6 rings (SSSR count). The molecule has 3 aromatic rings. The Morgan fingerprint density at radius 1 is 1.00 bits per heavy atom. The summed E-state index contributed by atoms with van der Waals surface area (Å²) in [5.74, 6) is 0.615. The monoisotopic (exact) mass is 527 g/mol. The number of rotatable bonds is 3. The minimum absolute atomic E-state index is 0.0444. The third kappa shape index (κ3) is 4.47. The molecule has 3 atom stereocenters. The fraction of sp³-hybridized carbons (Fsp3) is 0.423. The third-order valence-electron chi connectivity index (χ3n) is 7.52. The van der Waals surface area contributed by atoms with Gasteiger partial charge in [0.05, 0.1) is 16.0 Å². The Labute approximate surface area is 218 Å². The first kappa shape index (κ1) is 23.7. The van der Waals surface area contributed by atoms with Gasteiger partial charge in [-0.1, -0.05) is 36.0 Å². The lowest BCUT2D eigenvalue weighted by molar-refractivity contribution is -0.134. The molecule has 8 nitrogen and oxygen atoms in total. The van der Waals surface area contributed by atoms with Crippen molar-refractivity contribution in [1.82, 2.24) is 25.4 Å². The molecule has 36 heavy (non-hydrogen) atoms. The molecule has 1 aliphatic carbocycles. The smallest absolute Gasteiger partial charge is 0.254 e. The maximum Gasteiger partial charge on any atom is 0.254 e. The number of nitrogens with zero attached hydrogens (tertiary/aromatic N) is 3. The molecule has 188 valence electrons. The van der Waals surface area contributed by atoms with Crippen molar-refractivity contribution in [3.05, 3.63) is 52.0 Å². The summed E-state index contributed by atoms with van der Waals surface area (Å²) < 4.78 is 5.94. The molecule has 0 spiro atoms. The van der Waals surface area contributed by atoms with Crippen LogP contribution in [-0.2, 0) is 4.79 Å². The zero-order chi connectivity index (χ0) is 24.8. The van der Waals surface area contributed by atoms with Gasteiger partial charge in [-0.2, -0.15) is 0 Å². The summed E-state index contributed by atoms with van der Waals surface area (Å²) >= 11 is 12.1. The number of oxazole rings is 1. The van der Waals surface area contributed by atoms with Gasteiger partial charge in [-0.25, -0.2) is 4.98 Å². The van der Waals surface area contributed by atoms with E-state index in [1.165, 1.54) is 6.42 Å². The van der Waals surface area contributed by atoms with E-state index >= 15 is 0 Å². The van der Waals surface area contributed by atoms with E-state index in [2.05, 4.69) is 20.5 Å². The highest BCUT2D eigenvalue weighted by atomic mass is 35.5. The Hall–Kier alpha value is -2.65. The quantitative estimate of drug-likeness (QED) is 0.532. The first-order valence-electron chi connectivity index (χ1n) is 12.4.